The van der Waals surface area contributed by atoms with Crippen LogP contribution in [0.4, 0.5) is 0 Å². The number of nitriles is 1. The molecular weight excluding hydrogens is 136 g/mol. The van der Waals surface area contributed by atoms with Crippen LogP contribution in [0, 0.1) is 16.7 Å². The van der Waals surface area contributed by atoms with Gasteiger partial charge in [-0.05, 0) is 18.3 Å². The van der Waals surface area contributed by atoms with Gasteiger partial charge in [0.1, 0.15) is 5.54 Å². The lowest BCUT2D eigenvalue weighted by atomic mass is 9.64. The summed E-state index contributed by atoms with van der Waals surface area (Å²) in [6.45, 7) is 4.19. The van der Waals surface area contributed by atoms with Gasteiger partial charge in [0.25, 0.3) is 0 Å². The molecule has 1 aliphatic carbocycles. The molecule has 0 heterocycles. The summed E-state index contributed by atoms with van der Waals surface area (Å²) in [5, 5.41) is 8.91. The molecule has 2 heteroatoms. The molecule has 2 nitrogen and oxygen atoms in total. The summed E-state index contributed by atoms with van der Waals surface area (Å²) >= 11 is 0. The minimum Gasteiger partial charge on any atom is -0.313 e. The third-order valence-electron chi connectivity index (χ3n) is 3.03. The number of hydrogen-bond acceptors (Lipinski definition) is 2. The molecule has 0 bridgehead atoms. The van der Waals surface area contributed by atoms with E-state index >= 15 is 0 Å². The molecule has 1 aliphatic rings. The van der Waals surface area contributed by atoms with Gasteiger partial charge in [0.2, 0.25) is 0 Å². The summed E-state index contributed by atoms with van der Waals surface area (Å²) in [5.41, 5.74) is 5.40. The second-order valence-corrected chi connectivity index (χ2v) is 4.17. The fourth-order valence-electron chi connectivity index (χ4n) is 1.74. The highest BCUT2D eigenvalue weighted by molar-refractivity contribution is 5.14. The van der Waals surface area contributed by atoms with E-state index < -0.39 is 5.54 Å². The summed E-state index contributed by atoms with van der Waals surface area (Å²) in [7, 11) is 0. The lowest BCUT2D eigenvalue weighted by Crippen LogP contribution is -2.53. The third kappa shape index (κ3) is 1.25. The van der Waals surface area contributed by atoms with Crippen LogP contribution >= 0.6 is 0 Å². The van der Waals surface area contributed by atoms with E-state index in [2.05, 4.69) is 19.9 Å². The van der Waals surface area contributed by atoms with Gasteiger partial charge in [-0.25, -0.2) is 0 Å². The van der Waals surface area contributed by atoms with Crippen molar-refractivity contribution in [3.05, 3.63) is 0 Å². The topological polar surface area (TPSA) is 49.8 Å². The first-order valence-corrected chi connectivity index (χ1v) is 4.22. The quantitative estimate of drug-likeness (QED) is 0.575. The Balaban J connectivity index is 2.85. The number of hydrogen-bond donors (Lipinski definition) is 1. The number of rotatable bonds is 0. The summed E-state index contributed by atoms with van der Waals surface area (Å²) in [4.78, 5) is 0. The average Bonchev–Trinajstić information content (AvgIpc) is 1.95. The lowest BCUT2D eigenvalue weighted by Gasteiger charge is -2.42. The summed E-state index contributed by atoms with van der Waals surface area (Å²) < 4.78 is 0. The van der Waals surface area contributed by atoms with Gasteiger partial charge in [-0.2, -0.15) is 5.26 Å². The van der Waals surface area contributed by atoms with Crippen LogP contribution in [-0.2, 0) is 0 Å². The Kier molecular flexibility index (Phi) is 1.94. The molecule has 1 saturated carbocycles. The first kappa shape index (κ1) is 8.55. The van der Waals surface area contributed by atoms with Gasteiger partial charge in [-0.3, -0.25) is 0 Å². The molecule has 0 radical (unpaired) electrons. The highest BCUT2D eigenvalue weighted by atomic mass is 14.8. The van der Waals surface area contributed by atoms with E-state index in [-0.39, 0.29) is 5.41 Å². The van der Waals surface area contributed by atoms with Gasteiger partial charge in [-0.15, -0.1) is 0 Å². The minimum atomic E-state index is -0.578. The van der Waals surface area contributed by atoms with E-state index in [1.807, 2.05) is 0 Å². The zero-order valence-corrected chi connectivity index (χ0v) is 7.35. The van der Waals surface area contributed by atoms with Crippen molar-refractivity contribution in [2.75, 3.05) is 0 Å². The molecule has 1 fully saturated rings. The first-order chi connectivity index (χ1) is 5.02. The molecule has 0 aromatic carbocycles. The predicted octanol–water partition coefficient (Wildman–Crippen LogP) is 1.81. The van der Waals surface area contributed by atoms with E-state index in [9.17, 15) is 0 Å². The molecule has 1 atom stereocenters. The Morgan fingerprint density at radius 2 is 1.82 bits per heavy atom. The van der Waals surface area contributed by atoms with E-state index in [1.165, 1.54) is 6.42 Å². The molecule has 62 valence electrons. The Morgan fingerprint density at radius 3 is 2.18 bits per heavy atom. The van der Waals surface area contributed by atoms with Gasteiger partial charge in [0, 0.05) is 0 Å². The van der Waals surface area contributed by atoms with Crippen molar-refractivity contribution in [3.8, 4) is 6.07 Å². The van der Waals surface area contributed by atoms with Crippen molar-refractivity contribution in [1.82, 2.24) is 0 Å². The van der Waals surface area contributed by atoms with Crippen LogP contribution < -0.4 is 5.73 Å². The van der Waals surface area contributed by atoms with E-state index in [1.54, 1.807) is 0 Å². The molecule has 0 aromatic rings. The zero-order valence-electron chi connectivity index (χ0n) is 7.35. The van der Waals surface area contributed by atoms with Gasteiger partial charge in [0.15, 0.2) is 0 Å². The predicted molar refractivity (Wildman–Crippen MR) is 44.8 cm³/mol. The van der Waals surface area contributed by atoms with Crippen LogP contribution in [0.25, 0.3) is 0 Å². The maximum Gasteiger partial charge on any atom is 0.109 e. The minimum absolute atomic E-state index is 0. The SMILES string of the molecule is CC1(C)CCCCC1(N)C#N. The van der Waals surface area contributed by atoms with E-state index in [0.29, 0.717) is 0 Å². The van der Waals surface area contributed by atoms with E-state index in [0.717, 1.165) is 19.3 Å². The van der Waals surface area contributed by atoms with Crippen LogP contribution in [0.15, 0.2) is 0 Å². The molecule has 0 aliphatic heterocycles. The first-order valence-electron chi connectivity index (χ1n) is 4.22. The highest BCUT2D eigenvalue weighted by Gasteiger charge is 2.43. The van der Waals surface area contributed by atoms with Crippen LogP contribution in [-0.4, -0.2) is 5.54 Å². The average molecular weight is 152 g/mol. The Bertz CT molecular complexity index is 190. The van der Waals surface area contributed by atoms with Crippen molar-refractivity contribution in [2.45, 2.75) is 45.1 Å². The fourth-order valence-corrected chi connectivity index (χ4v) is 1.74. The Hall–Kier alpha value is -0.550. The van der Waals surface area contributed by atoms with Crippen LogP contribution in [0.3, 0.4) is 0 Å². The molecule has 2 N–H and O–H groups in total. The zero-order chi connectivity index (χ0) is 8.54. The van der Waals surface area contributed by atoms with Crippen molar-refractivity contribution in [2.24, 2.45) is 11.1 Å². The van der Waals surface area contributed by atoms with Crippen LogP contribution in [0.2, 0.25) is 0 Å². The second-order valence-electron chi connectivity index (χ2n) is 4.17. The molecule has 1 rings (SSSR count). The Labute approximate surface area is 68.4 Å². The van der Waals surface area contributed by atoms with Gasteiger partial charge >= 0.3 is 0 Å². The van der Waals surface area contributed by atoms with Crippen LogP contribution in [0.1, 0.15) is 39.5 Å². The third-order valence-corrected chi connectivity index (χ3v) is 3.03. The number of nitrogens with two attached hydrogens (primary N) is 1. The van der Waals surface area contributed by atoms with E-state index in [4.69, 9.17) is 11.0 Å². The van der Waals surface area contributed by atoms with Crippen molar-refractivity contribution >= 4 is 0 Å². The second kappa shape index (κ2) is 2.49. The standard InChI is InChI=1S/C9H16N2/c1-8(2)5-3-4-6-9(8,11)7-10/h3-6,11H2,1-2H3. The van der Waals surface area contributed by atoms with Gasteiger partial charge in [-0.1, -0.05) is 26.7 Å². The lowest BCUT2D eigenvalue weighted by molar-refractivity contribution is 0.147. The highest BCUT2D eigenvalue weighted by Crippen LogP contribution is 2.41. The Morgan fingerprint density at radius 1 is 1.27 bits per heavy atom. The van der Waals surface area contributed by atoms with Crippen molar-refractivity contribution in [3.63, 3.8) is 0 Å². The summed E-state index contributed by atoms with van der Waals surface area (Å²) in [6.07, 6.45) is 4.26. The van der Waals surface area contributed by atoms with Gasteiger partial charge in [0.05, 0.1) is 6.07 Å². The maximum absolute atomic E-state index is 8.91. The summed E-state index contributed by atoms with van der Waals surface area (Å²) in [5.74, 6) is 0. The molecular formula is C9H16N2. The monoisotopic (exact) mass is 152 g/mol. The van der Waals surface area contributed by atoms with Crippen molar-refractivity contribution < 1.29 is 0 Å². The summed E-state index contributed by atoms with van der Waals surface area (Å²) in [6, 6.07) is 2.25. The molecule has 0 saturated heterocycles. The molecule has 1 unspecified atom stereocenters. The molecule has 0 amide bonds. The van der Waals surface area contributed by atoms with Gasteiger partial charge < -0.3 is 5.73 Å². The molecule has 0 aromatic heterocycles. The maximum atomic E-state index is 8.91. The van der Waals surface area contributed by atoms with Crippen LogP contribution in [0.5, 0.6) is 0 Å². The molecule has 0 spiro atoms. The normalized spacial score (nSPS) is 36.2. The molecule has 11 heavy (non-hydrogen) atoms. The fraction of sp³-hybridized carbons (Fsp3) is 0.889. The smallest absolute Gasteiger partial charge is 0.109 e. The number of nitrogens with zero attached hydrogens (tertiary/aromatic N) is 1. The largest absolute Gasteiger partial charge is 0.313 e. The van der Waals surface area contributed by atoms with Crippen molar-refractivity contribution in [1.29, 1.82) is 5.26 Å².